The molecule has 59 valence electrons. The third kappa shape index (κ3) is 2.00. The second-order valence-electron chi connectivity index (χ2n) is 1.95. The summed E-state index contributed by atoms with van der Waals surface area (Å²) in [6.45, 7) is 1.35. The van der Waals surface area contributed by atoms with E-state index in [9.17, 15) is 0 Å². The van der Waals surface area contributed by atoms with Gasteiger partial charge in [-0.3, -0.25) is 0 Å². The van der Waals surface area contributed by atoms with E-state index in [4.69, 9.17) is 40.5 Å². The lowest BCUT2D eigenvalue weighted by Gasteiger charge is -2.02. The number of rotatable bonds is 1. The average Bonchev–Trinajstić information content (AvgIpc) is 1.85. The van der Waals surface area contributed by atoms with Gasteiger partial charge in [0.05, 0.1) is 6.54 Å². The fourth-order valence-electron chi connectivity index (χ4n) is 0.713. The molecule has 1 rings (SSSR count). The maximum absolute atomic E-state index is 5.75. The largest absolute Gasteiger partial charge is 0.322 e. The minimum Gasteiger partial charge on any atom is -0.322 e. The summed E-state index contributed by atoms with van der Waals surface area (Å²) >= 11 is 17.2. The summed E-state index contributed by atoms with van der Waals surface area (Å²) in [5, 5.41) is 1.43. The van der Waals surface area contributed by atoms with Crippen molar-refractivity contribution < 1.29 is 0 Å². The maximum Gasteiger partial charge on any atom is 0.0522 e. The Morgan fingerprint density at radius 1 is 1.09 bits per heavy atom. The van der Waals surface area contributed by atoms with Crippen LogP contribution >= 0.6 is 34.8 Å². The van der Waals surface area contributed by atoms with Crippen LogP contribution in [0.25, 0.3) is 0 Å². The third-order valence-corrected chi connectivity index (χ3v) is 2.05. The van der Waals surface area contributed by atoms with Gasteiger partial charge in [-0.1, -0.05) is 34.8 Å². The minimum atomic E-state index is 0.463. The lowest BCUT2D eigenvalue weighted by Crippen LogP contribution is -1.94. The summed E-state index contributed by atoms with van der Waals surface area (Å²) in [5.41, 5.74) is 5.87. The zero-order valence-electron chi connectivity index (χ0n) is 5.44. The summed E-state index contributed by atoms with van der Waals surface area (Å²) in [6.07, 6.45) is 0. The Hall–Kier alpha value is 0.0500. The third-order valence-electron chi connectivity index (χ3n) is 1.21. The van der Waals surface area contributed by atoms with Gasteiger partial charge in [-0.15, -0.1) is 0 Å². The Labute approximate surface area is 80.0 Å². The molecule has 0 heterocycles. The van der Waals surface area contributed by atoms with Gasteiger partial charge in [-0.2, -0.15) is 0 Å². The predicted molar refractivity (Wildman–Crippen MR) is 49.1 cm³/mol. The van der Waals surface area contributed by atoms with Gasteiger partial charge in [0.2, 0.25) is 0 Å². The van der Waals surface area contributed by atoms with Gasteiger partial charge in [0.25, 0.3) is 0 Å². The first kappa shape index (κ1) is 9.14. The topological polar surface area (TPSA) is 26.0 Å². The molecule has 2 N–H and O–H groups in total. The number of hydrogen-bond acceptors (Lipinski definition) is 1. The summed E-state index contributed by atoms with van der Waals surface area (Å²) in [5.74, 6) is 0. The number of benzene rings is 1. The van der Waals surface area contributed by atoms with Gasteiger partial charge < -0.3 is 5.73 Å². The smallest absolute Gasteiger partial charge is 0.0522 e. The van der Waals surface area contributed by atoms with Gasteiger partial charge in [-0.25, -0.2) is 0 Å². The van der Waals surface area contributed by atoms with Crippen molar-refractivity contribution in [1.82, 2.24) is 0 Å². The first-order valence-electron chi connectivity index (χ1n) is 2.84. The Morgan fingerprint density at radius 3 is 1.91 bits per heavy atom. The first-order chi connectivity index (χ1) is 5.15. The Bertz CT molecular complexity index is 249. The molecule has 0 saturated heterocycles. The molecule has 0 amide bonds. The molecule has 11 heavy (non-hydrogen) atoms. The van der Waals surface area contributed by atoms with E-state index in [0.29, 0.717) is 20.6 Å². The fraction of sp³-hybridized carbons (Fsp3) is 0. The molecule has 1 aromatic carbocycles. The molecule has 0 aliphatic carbocycles. The molecule has 4 heteroatoms. The van der Waals surface area contributed by atoms with Gasteiger partial charge in [-0.05, 0) is 12.1 Å². The van der Waals surface area contributed by atoms with Crippen LogP contribution in [0.1, 0.15) is 5.56 Å². The van der Waals surface area contributed by atoms with Crippen molar-refractivity contribution in [2.75, 3.05) is 0 Å². The van der Waals surface area contributed by atoms with Crippen molar-refractivity contribution in [3.05, 3.63) is 39.3 Å². The SMILES string of the molecule is N[CH]c1c(Cl)cc(Cl)cc1Cl. The second kappa shape index (κ2) is 3.63. The van der Waals surface area contributed by atoms with Crippen molar-refractivity contribution >= 4 is 34.8 Å². The minimum absolute atomic E-state index is 0.463. The highest BCUT2D eigenvalue weighted by Crippen LogP contribution is 2.28. The highest BCUT2D eigenvalue weighted by atomic mass is 35.5. The molecular formula is C7H5Cl3N. The first-order valence-corrected chi connectivity index (χ1v) is 3.98. The van der Waals surface area contributed by atoms with Gasteiger partial charge in [0.15, 0.2) is 0 Å². The lowest BCUT2D eigenvalue weighted by atomic mass is 10.2. The van der Waals surface area contributed by atoms with E-state index in [1.165, 1.54) is 6.54 Å². The molecule has 0 saturated carbocycles. The molecule has 0 bridgehead atoms. The number of nitrogens with two attached hydrogens (primary N) is 1. The number of hydrogen-bond donors (Lipinski definition) is 1. The zero-order valence-corrected chi connectivity index (χ0v) is 7.71. The highest BCUT2D eigenvalue weighted by molar-refractivity contribution is 6.39. The summed E-state index contributed by atoms with van der Waals surface area (Å²) in [7, 11) is 0. The number of halogens is 3. The van der Waals surface area contributed by atoms with Gasteiger partial charge in [0.1, 0.15) is 0 Å². The second-order valence-corrected chi connectivity index (χ2v) is 3.20. The summed E-state index contributed by atoms with van der Waals surface area (Å²) in [6, 6.07) is 3.18. The normalized spacial score (nSPS) is 10.2. The molecule has 0 aliphatic rings. The highest BCUT2D eigenvalue weighted by Gasteiger charge is 2.05. The molecule has 0 atom stereocenters. The van der Waals surface area contributed by atoms with Crippen LogP contribution in [0.4, 0.5) is 0 Å². The molecule has 0 spiro atoms. The Balaban J connectivity index is 3.25. The van der Waals surface area contributed by atoms with E-state index in [1.807, 2.05) is 0 Å². The van der Waals surface area contributed by atoms with E-state index in [2.05, 4.69) is 0 Å². The molecule has 0 aliphatic heterocycles. The lowest BCUT2D eigenvalue weighted by molar-refractivity contribution is 1.35. The molecular weight excluding hydrogens is 204 g/mol. The van der Waals surface area contributed by atoms with E-state index in [-0.39, 0.29) is 0 Å². The standard InChI is InChI=1S/C7H5Cl3N/c8-4-1-6(9)5(3-11)7(10)2-4/h1-3H,11H2. The van der Waals surface area contributed by atoms with Crippen molar-refractivity contribution in [3.8, 4) is 0 Å². The van der Waals surface area contributed by atoms with E-state index in [1.54, 1.807) is 12.1 Å². The monoisotopic (exact) mass is 208 g/mol. The fourth-order valence-corrected chi connectivity index (χ4v) is 1.66. The van der Waals surface area contributed by atoms with Crippen LogP contribution in [0.2, 0.25) is 15.1 Å². The summed E-state index contributed by atoms with van der Waals surface area (Å²) < 4.78 is 0. The van der Waals surface area contributed by atoms with Crippen LogP contribution in [0.15, 0.2) is 12.1 Å². The Morgan fingerprint density at radius 2 is 1.55 bits per heavy atom. The molecule has 1 nitrogen and oxygen atoms in total. The van der Waals surface area contributed by atoms with Crippen LogP contribution in [-0.2, 0) is 0 Å². The van der Waals surface area contributed by atoms with Crippen LogP contribution in [0.3, 0.4) is 0 Å². The van der Waals surface area contributed by atoms with Crippen LogP contribution < -0.4 is 5.73 Å². The van der Waals surface area contributed by atoms with E-state index < -0.39 is 0 Å². The maximum atomic E-state index is 5.75. The molecule has 0 aromatic heterocycles. The molecule has 0 fully saturated rings. The van der Waals surface area contributed by atoms with E-state index >= 15 is 0 Å². The zero-order chi connectivity index (χ0) is 8.43. The van der Waals surface area contributed by atoms with E-state index in [0.717, 1.165) is 0 Å². The predicted octanol–water partition coefficient (Wildman–Crippen LogP) is 3.12. The molecule has 0 unspecified atom stereocenters. The van der Waals surface area contributed by atoms with Crippen LogP contribution in [-0.4, -0.2) is 0 Å². The van der Waals surface area contributed by atoms with Crippen LogP contribution in [0.5, 0.6) is 0 Å². The summed E-state index contributed by atoms with van der Waals surface area (Å²) in [4.78, 5) is 0. The molecule has 1 aromatic rings. The van der Waals surface area contributed by atoms with Crippen molar-refractivity contribution in [2.24, 2.45) is 5.73 Å². The Kier molecular flexibility index (Phi) is 3.02. The van der Waals surface area contributed by atoms with Crippen LogP contribution in [0, 0.1) is 6.54 Å². The van der Waals surface area contributed by atoms with Crippen molar-refractivity contribution in [2.45, 2.75) is 0 Å². The van der Waals surface area contributed by atoms with Gasteiger partial charge >= 0.3 is 0 Å². The quantitative estimate of drug-likeness (QED) is 0.756. The van der Waals surface area contributed by atoms with Gasteiger partial charge in [0, 0.05) is 20.6 Å². The average molecular weight is 209 g/mol. The van der Waals surface area contributed by atoms with Crippen molar-refractivity contribution in [3.63, 3.8) is 0 Å². The molecule has 1 radical (unpaired) electrons. The van der Waals surface area contributed by atoms with Crippen molar-refractivity contribution in [1.29, 1.82) is 0 Å².